The average molecular weight is 238 g/mol. The second-order valence-corrected chi connectivity index (χ2v) is 4.22. The van der Waals surface area contributed by atoms with Crippen LogP contribution in [0.15, 0.2) is 48.8 Å². The fourth-order valence-corrected chi connectivity index (χ4v) is 1.97. The molecule has 0 unspecified atom stereocenters. The monoisotopic (exact) mass is 238 g/mol. The standard InChI is InChI=1S/C14H14N4/c1-2-13(18-17-6-1)10-15-9-11-3-4-12-5-7-16-14(12)8-11/h1-8,15-16H,9-10H2. The SMILES string of the molecule is c1cnnc(CNCc2ccc3cc[nH]c3c2)c1. The van der Waals surface area contributed by atoms with Gasteiger partial charge in [0.05, 0.1) is 5.69 Å². The number of fused-ring (bicyclic) bond motifs is 1. The minimum Gasteiger partial charge on any atom is -0.361 e. The Labute approximate surface area is 105 Å². The van der Waals surface area contributed by atoms with Crippen LogP contribution >= 0.6 is 0 Å². The molecule has 0 atom stereocenters. The summed E-state index contributed by atoms with van der Waals surface area (Å²) in [6, 6.07) is 12.4. The fraction of sp³-hybridized carbons (Fsp3) is 0.143. The van der Waals surface area contributed by atoms with Crippen molar-refractivity contribution in [3.05, 3.63) is 60.0 Å². The maximum Gasteiger partial charge on any atom is 0.0769 e. The number of nitrogens with zero attached hydrogens (tertiary/aromatic N) is 2. The van der Waals surface area contributed by atoms with Crippen LogP contribution in [-0.2, 0) is 13.1 Å². The molecule has 0 aliphatic heterocycles. The van der Waals surface area contributed by atoms with Gasteiger partial charge in [0.1, 0.15) is 0 Å². The van der Waals surface area contributed by atoms with Crippen molar-refractivity contribution in [2.75, 3.05) is 0 Å². The Morgan fingerprint density at radius 3 is 3.00 bits per heavy atom. The maximum atomic E-state index is 4.03. The van der Waals surface area contributed by atoms with Gasteiger partial charge in [-0.25, -0.2) is 0 Å². The first-order valence-electron chi connectivity index (χ1n) is 5.95. The summed E-state index contributed by atoms with van der Waals surface area (Å²) in [6.45, 7) is 1.56. The van der Waals surface area contributed by atoms with Crippen molar-refractivity contribution in [1.29, 1.82) is 0 Å². The Morgan fingerprint density at radius 1 is 1.11 bits per heavy atom. The molecular weight excluding hydrogens is 224 g/mol. The van der Waals surface area contributed by atoms with E-state index in [1.54, 1.807) is 6.20 Å². The van der Waals surface area contributed by atoms with Gasteiger partial charge in [-0.3, -0.25) is 0 Å². The minimum atomic E-state index is 0.733. The summed E-state index contributed by atoms with van der Waals surface area (Å²) in [5, 5.41) is 12.5. The van der Waals surface area contributed by atoms with Crippen LogP contribution in [0.25, 0.3) is 10.9 Å². The summed E-state index contributed by atoms with van der Waals surface area (Å²) in [5.74, 6) is 0. The van der Waals surface area contributed by atoms with Crippen molar-refractivity contribution in [3.63, 3.8) is 0 Å². The third-order valence-electron chi connectivity index (χ3n) is 2.88. The molecule has 0 bridgehead atoms. The van der Waals surface area contributed by atoms with Gasteiger partial charge in [0.25, 0.3) is 0 Å². The highest BCUT2D eigenvalue weighted by Gasteiger charge is 1.98. The average Bonchev–Trinajstić information content (AvgIpc) is 2.87. The number of H-pyrrole nitrogens is 1. The number of hydrogen-bond acceptors (Lipinski definition) is 3. The Hall–Kier alpha value is -2.20. The molecule has 0 saturated heterocycles. The Kier molecular flexibility index (Phi) is 3.02. The van der Waals surface area contributed by atoms with Gasteiger partial charge in [-0.1, -0.05) is 12.1 Å². The first-order valence-corrected chi connectivity index (χ1v) is 5.95. The van der Waals surface area contributed by atoms with E-state index in [1.165, 1.54) is 16.5 Å². The molecule has 3 aromatic rings. The molecule has 18 heavy (non-hydrogen) atoms. The lowest BCUT2D eigenvalue weighted by molar-refractivity contribution is 0.670. The van der Waals surface area contributed by atoms with Gasteiger partial charge in [0.2, 0.25) is 0 Å². The minimum absolute atomic E-state index is 0.733. The van der Waals surface area contributed by atoms with Crippen LogP contribution in [0.3, 0.4) is 0 Å². The van der Waals surface area contributed by atoms with E-state index in [0.29, 0.717) is 0 Å². The summed E-state index contributed by atoms with van der Waals surface area (Å²) >= 11 is 0. The Bertz CT molecular complexity index is 630. The molecule has 0 amide bonds. The Balaban J connectivity index is 1.62. The predicted octanol–water partition coefficient (Wildman–Crippen LogP) is 2.25. The maximum absolute atomic E-state index is 4.03. The molecule has 2 aromatic heterocycles. The molecule has 0 aliphatic carbocycles. The topological polar surface area (TPSA) is 53.6 Å². The number of nitrogens with one attached hydrogen (secondary N) is 2. The van der Waals surface area contributed by atoms with Gasteiger partial charge in [-0.05, 0) is 35.2 Å². The molecule has 0 fully saturated rings. The van der Waals surface area contributed by atoms with Gasteiger partial charge in [0.15, 0.2) is 0 Å². The lowest BCUT2D eigenvalue weighted by Crippen LogP contribution is -2.13. The predicted molar refractivity (Wildman–Crippen MR) is 70.9 cm³/mol. The van der Waals surface area contributed by atoms with Crippen LogP contribution in [0.1, 0.15) is 11.3 Å². The van der Waals surface area contributed by atoms with E-state index in [-0.39, 0.29) is 0 Å². The summed E-state index contributed by atoms with van der Waals surface area (Å²) < 4.78 is 0. The van der Waals surface area contributed by atoms with E-state index in [9.17, 15) is 0 Å². The molecule has 4 nitrogen and oxygen atoms in total. The summed E-state index contributed by atoms with van der Waals surface area (Å²) in [4.78, 5) is 3.22. The van der Waals surface area contributed by atoms with Crippen LogP contribution in [-0.4, -0.2) is 15.2 Å². The number of hydrogen-bond donors (Lipinski definition) is 2. The van der Waals surface area contributed by atoms with Crippen molar-refractivity contribution in [1.82, 2.24) is 20.5 Å². The normalized spacial score (nSPS) is 10.9. The first-order chi connectivity index (χ1) is 8.92. The number of aromatic amines is 1. The molecule has 1 aromatic carbocycles. The van der Waals surface area contributed by atoms with Gasteiger partial charge in [-0.2, -0.15) is 10.2 Å². The highest BCUT2D eigenvalue weighted by molar-refractivity contribution is 5.79. The smallest absolute Gasteiger partial charge is 0.0769 e. The first kappa shape index (κ1) is 10.9. The third kappa shape index (κ3) is 2.38. The van der Waals surface area contributed by atoms with E-state index in [4.69, 9.17) is 0 Å². The largest absolute Gasteiger partial charge is 0.361 e. The van der Waals surface area contributed by atoms with Crippen LogP contribution in [0.2, 0.25) is 0 Å². The lowest BCUT2D eigenvalue weighted by atomic mass is 10.1. The number of benzene rings is 1. The second-order valence-electron chi connectivity index (χ2n) is 4.22. The van der Waals surface area contributed by atoms with E-state index < -0.39 is 0 Å². The van der Waals surface area contributed by atoms with Crippen LogP contribution in [0.5, 0.6) is 0 Å². The second kappa shape index (κ2) is 4.98. The molecule has 0 radical (unpaired) electrons. The van der Waals surface area contributed by atoms with Crippen LogP contribution in [0, 0.1) is 0 Å². The zero-order valence-electron chi connectivity index (χ0n) is 9.93. The molecule has 3 rings (SSSR count). The van der Waals surface area contributed by atoms with Crippen molar-refractivity contribution in [2.45, 2.75) is 13.1 Å². The van der Waals surface area contributed by atoms with Crippen molar-refractivity contribution in [3.8, 4) is 0 Å². The van der Waals surface area contributed by atoms with E-state index in [0.717, 1.165) is 18.8 Å². The van der Waals surface area contributed by atoms with Gasteiger partial charge >= 0.3 is 0 Å². The van der Waals surface area contributed by atoms with Crippen molar-refractivity contribution < 1.29 is 0 Å². The molecule has 2 N–H and O–H groups in total. The van der Waals surface area contributed by atoms with Gasteiger partial charge in [0, 0.05) is 31.0 Å². The quantitative estimate of drug-likeness (QED) is 0.733. The zero-order chi connectivity index (χ0) is 12.2. The highest BCUT2D eigenvalue weighted by Crippen LogP contribution is 2.13. The molecule has 0 saturated carbocycles. The summed E-state index contributed by atoms with van der Waals surface area (Å²) in [7, 11) is 0. The lowest BCUT2D eigenvalue weighted by Gasteiger charge is -2.04. The Morgan fingerprint density at radius 2 is 2.11 bits per heavy atom. The van der Waals surface area contributed by atoms with Crippen LogP contribution in [0.4, 0.5) is 0 Å². The molecule has 4 heteroatoms. The van der Waals surface area contributed by atoms with Crippen molar-refractivity contribution in [2.24, 2.45) is 0 Å². The van der Waals surface area contributed by atoms with E-state index in [2.05, 4.69) is 44.8 Å². The van der Waals surface area contributed by atoms with E-state index >= 15 is 0 Å². The number of aromatic nitrogens is 3. The molecular formula is C14H14N4. The van der Waals surface area contributed by atoms with Gasteiger partial charge < -0.3 is 10.3 Å². The summed E-state index contributed by atoms with van der Waals surface area (Å²) in [6.07, 6.45) is 3.64. The zero-order valence-corrected chi connectivity index (χ0v) is 9.93. The highest BCUT2D eigenvalue weighted by atomic mass is 15.1. The molecule has 90 valence electrons. The fourth-order valence-electron chi connectivity index (χ4n) is 1.97. The van der Waals surface area contributed by atoms with Crippen LogP contribution < -0.4 is 5.32 Å². The van der Waals surface area contributed by atoms with Gasteiger partial charge in [-0.15, -0.1) is 0 Å². The summed E-state index contributed by atoms with van der Waals surface area (Å²) in [5.41, 5.74) is 3.39. The van der Waals surface area contributed by atoms with Crippen molar-refractivity contribution >= 4 is 10.9 Å². The molecule has 2 heterocycles. The number of rotatable bonds is 4. The molecule has 0 spiro atoms. The van der Waals surface area contributed by atoms with E-state index in [1.807, 2.05) is 18.3 Å². The molecule has 0 aliphatic rings. The third-order valence-corrected chi connectivity index (χ3v) is 2.88.